The van der Waals surface area contributed by atoms with Crippen molar-refractivity contribution in [2.45, 2.75) is 72.1 Å². The summed E-state index contributed by atoms with van der Waals surface area (Å²) in [6.45, 7) is 17.3. The molecular weight excluding hydrogens is 582 g/mol. The molecule has 0 aliphatic heterocycles. The Morgan fingerprint density at radius 2 is 1.07 bits per heavy atom. The maximum absolute atomic E-state index is 6.82. The molecular formula is C32H49Cl2O6P. The zero-order valence-electron chi connectivity index (χ0n) is 26.3. The molecule has 0 N–H and O–H groups in total. The predicted molar refractivity (Wildman–Crippen MR) is 173 cm³/mol. The van der Waals surface area contributed by atoms with Gasteiger partial charge in [0.1, 0.15) is 11.5 Å². The van der Waals surface area contributed by atoms with Crippen LogP contribution in [0.1, 0.15) is 72.4 Å². The number of methoxy groups -OCH3 is 2. The molecule has 0 saturated carbocycles. The molecule has 232 valence electrons. The van der Waals surface area contributed by atoms with Crippen molar-refractivity contribution < 1.29 is 28.4 Å². The van der Waals surface area contributed by atoms with Crippen LogP contribution in [-0.2, 0) is 29.8 Å². The van der Waals surface area contributed by atoms with Crippen molar-refractivity contribution in [2.75, 3.05) is 60.4 Å². The molecule has 0 heterocycles. The molecule has 6 nitrogen and oxygen atoms in total. The Morgan fingerprint density at radius 3 is 1.41 bits per heavy atom. The first-order chi connectivity index (χ1) is 19.3. The fraction of sp³-hybridized carbons (Fsp3) is 0.625. The van der Waals surface area contributed by atoms with Crippen LogP contribution in [0.5, 0.6) is 11.5 Å². The molecule has 2 rings (SSSR count). The van der Waals surface area contributed by atoms with Gasteiger partial charge in [0.25, 0.3) is 0 Å². The number of unbranched alkanes of at least 4 members (excludes halogenated alkanes) is 1. The van der Waals surface area contributed by atoms with Crippen LogP contribution in [0.15, 0.2) is 24.3 Å². The molecule has 0 amide bonds. The Bertz CT molecular complexity index is 1000. The number of halogens is 2. The van der Waals surface area contributed by atoms with E-state index in [1.165, 1.54) is 0 Å². The number of hydrogen-bond donors (Lipinski definition) is 0. The third-order valence-electron chi connectivity index (χ3n) is 6.44. The lowest BCUT2D eigenvalue weighted by atomic mass is 9.86. The first-order valence-corrected chi connectivity index (χ1v) is 16.5. The van der Waals surface area contributed by atoms with E-state index in [0.29, 0.717) is 36.5 Å². The minimum Gasteiger partial charge on any atom is -0.467 e. The highest BCUT2D eigenvalue weighted by molar-refractivity contribution is 7.73. The quantitative estimate of drug-likeness (QED) is 0.101. The summed E-state index contributed by atoms with van der Waals surface area (Å²) in [5.41, 5.74) is 1.63. The van der Waals surface area contributed by atoms with E-state index >= 15 is 0 Å². The second-order valence-electron chi connectivity index (χ2n) is 11.9. The molecule has 9 heteroatoms. The molecule has 2 aromatic rings. The fourth-order valence-electron chi connectivity index (χ4n) is 4.27. The lowest BCUT2D eigenvalue weighted by molar-refractivity contribution is -0.00871. The summed E-state index contributed by atoms with van der Waals surface area (Å²) < 4.78 is 34.6. The van der Waals surface area contributed by atoms with Crippen molar-refractivity contribution in [3.05, 3.63) is 45.4 Å². The minimum absolute atomic E-state index is 0.109. The smallest absolute Gasteiger partial charge is 0.189 e. The third kappa shape index (κ3) is 11.2. The van der Waals surface area contributed by atoms with Crippen LogP contribution < -0.4 is 20.1 Å². The zero-order valence-corrected chi connectivity index (χ0v) is 28.7. The topological polar surface area (TPSA) is 55.4 Å². The molecule has 0 fully saturated rings. The van der Waals surface area contributed by atoms with Gasteiger partial charge < -0.3 is 28.4 Å². The van der Waals surface area contributed by atoms with E-state index in [4.69, 9.17) is 51.6 Å². The molecule has 0 aliphatic rings. The third-order valence-corrected chi connectivity index (χ3v) is 9.47. The van der Waals surface area contributed by atoms with Gasteiger partial charge in [0.15, 0.2) is 13.6 Å². The molecule has 0 unspecified atom stereocenters. The van der Waals surface area contributed by atoms with Gasteiger partial charge >= 0.3 is 0 Å². The van der Waals surface area contributed by atoms with Gasteiger partial charge in [0.05, 0.1) is 26.4 Å². The highest BCUT2D eigenvalue weighted by Crippen LogP contribution is 2.47. The summed E-state index contributed by atoms with van der Waals surface area (Å²) in [5.74, 6) is 1.61. The largest absolute Gasteiger partial charge is 0.467 e. The van der Waals surface area contributed by atoms with E-state index in [-0.39, 0.29) is 24.4 Å². The first kappa shape index (κ1) is 36.1. The van der Waals surface area contributed by atoms with Crippen molar-refractivity contribution >= 4 is 41.7 Å². The van der Waals surface area contributed by atoms with Gasteiger partial charge in [-0.05, 0) is 55.6 Å². The van der Waals surface area contributed by atoms with E-state index in [9.17, 15) is 0 Å². The van der Waals surface area contributed by atoms with E-state index in [1.54, 1.807) is 14.2 Å². The van der Waals surface area contributed by atoms with Gasteiger partial charge in [0, 0.05) is 46.0 Å². The van der Waals surface area contributed by atoms with Crippen molar-refractivity contribution in [1.82, 2.24) is 0 Å². The van der Waals surface area contributed by atoms with Crippen LogP contribution in [0.4, 0.5) is 0 Å². The SMILES string of the molecule is CCCCP(c1cc(Cl)cc(C(C)(C)C)c1OCOCCOC)c1cc(Cl)cc(C(C)(C)C)c1OCOCCOC. The lowest BCUT2D eigenvalue weighted by Gasteiger charge is -2.31. The summed E-state index contributed by atoms with van der Waals surface area (Å²) >= 11 is 13.6. The number of hydrogen-bond acceptors (Lipinski definition) is 6. The highest BCUT2D eigenvalue weighted by Gasteiger charge is 2.31. The van der Waals surface area contributed by atoms with Gasteiger partial charge in [-0.3, -0.25) is 0 Å². The first-order valence-electron chi connectivity index (χ1n) is 14.2. The summed E-state index contributed by atoms with van der Waals surface area (Å²) in [6.07, 6.45) is 2.99. The van der Waals surface area contributed by atoms with Gasteiger partial charge in [-0.2, -0.15) is 0 Å². The van der Waals surface area contributed by atoms with Crippen LogP contribution in [0.3, 0.4) is 0 Å². The minimum atomic E-state index is -0.992. The zero-order chi connectivity index (χ0) is 30.6. The van der Waals surface area contributed by atoms with Crippen LogP contribution in [0.25, 0.3) is 0 Å². The average Bonchev–Trinajstić information content (AvgIpc) is 2.88. The standard InChI is InChI=1S/C32H49Cl2O6P/c1-10-11-16-41(27-19-23(33)17-25(31(2,3)4)29(27)39-21-37-14-12-35-8)28-20-24(34)18-26(32(5,6)7)30(28)40-22-38-15-13-36-9/h17-20H,10-16,21-22H2,1-9H3. The Balaban J connectivity index is 2.77. The summed E-state index contributed by atoms with van der Waals surface area (Å²) in [6, 6.07) is 8.09. The van der Waals surface area contributed by atoms with Crippen LogP contribution in [0.2, 0.25) is 10.0 Å². The van der Waals surface area contributed by atoms with Crippen molar-refractivity contribution in [3.8, 4) is 11.5 Å². The van der Waals surface area contributed by atoms with Crippen molar-refractivity contribution in [2.24, 2.45) is 0 Å². The number of rotatable bonds is 17. The van der Waals surface area contributed by atoms with Crippen molar-refractivity contribution in [3.63, 3.8) is 0 Å². The normalized spacial score (nSPS) is 12.3. The second-order valence-corrected chi connectivity index (χ2v) is 15.1. The Hall–Kier alpha value is -1.11. The molecule has 0 atom stereocenters. The molecule has 0 aromatic heterocycles. The maximum Gasteiger partial charge on any atom is 0.189 e. The maximum atomic E-state index is 6.82. The van der Waals surface area contributed by atoms with Crippen LogP contribution >= 0.6 is 31.1 Å². The monoisotopic (exact) mass is 630 g/mol. The fourth-order valence-corrected chi connectivity index (χ4v) is 7.68. The van der Waals surface area contributed by atoms with E-state index in [1.807, 2.05) is 24.3 Å². The Morgan fingerprint density at radius 1 is 0.659 bits per heavy atom. The van der Waals surface area contributed by atoms with Crippen molar-refractivity contribution in [1.29, 1.82) is 0 Å². The molecule has 0 spiro atoms. The lowest BCUT2D eigenvalue weighted by Crippen LogP contribution is -2.26. The summed E-state index contributed by atoms with van der Waals surface area (Å²) in [4.78, 5) is 0. The molecule has 0 bridgehead atoms. The van der Waals surface area contributed by atoms with Crippen LogP contribution in [0, 0.1) is 0 Å². The summed E-state index contributed by atoms with van der Waals surface area (Å²) in [7, 11) is 2.31. The van der Waals surface area contributed by atoms with E-state index in [2.05, 4.69) is 48.5 Å². The Kier molecular flexibility index (Phi) is 15.2. The van der Waals surface area contributed by atoms with Gasteiger partial charge in [-0.15, -0.1) is 0 Å². The number of ether oxygens (including phenoxy) is 6. The molecule has 41 heavy (non-hydrogen) atoms. The van der Waals surface area contributed by atoms with Gasteiger partial charge in [-0.1, -0.05) is 78.1 Å². The van der Waals surface area contributed by atoms with Gasteiger partial charge in [0.2, 0.25) is 0 Å². The second kappa shape index (κ2) is 17.3. The van der Waals surface area contributed by atoms with Gasteiger partial charge in [-0.25, -0.2) is 0 Å². The Labute approximate surface area is 259 Å². The average molecular weight is 632 g/mol. The van der Waals surface area contributed by atoms with E-state index in [0.717, 1.165) is 52.2 Å². The number of benzene rings is 2. The molecule has 0 radical (unpaired) electrons. The highest BCUT2D eigenvalue weighted by atomic mass is 35.5. The summed E-state index contributed by atoms with van der Waals surface area (Å²) in [5, 5.41) is 3.44. The molecule has 0 saturated heterocycles. The van der Waals surface area contributed by atoms with Crippen LogP contribution in [-0.4, -0.2) is 60.4 Å². The van der Waals surface area contributed by atoms with E-state index < -0.39 is 7.92 Å². The predicted octanol–water partition coefficient (Wildman–Crippen LogP) is 7.82. The molecule has 2 aromatic carbocycles. The molecule has 0 aliphatic carbocycles.